The highest BCUT2D eigenvalue weighted by molar-refractivity contribution is 7.55. The van der Waals surface area contributed by atoms with Gasteiger partial charge in [0.2, 0.25) is 0 Å². The summed E-state index contributed by atoms with van der Waals surface area (Å²) in [5, 5.41) is 3.27. The molecule has 0 spiro atoms. The first-order valence-electron chi connectivity index (χ1n) is 8.14. The Morgan fingerprint density at radius 1 is 0.769 bits per heavy atom. The summed E-state index contributed by atoms with van der Waals surface area (Å²) in [6.07, 6.45) is 1.36. The second-order valence-electron chi connectivity index (χ2n) is 6.04. The van der Waals surface area contributed by atoms with E-state index in [0.29, 0.717) is 5.69 Å². The maximum atomic E-state index is 11.1. The Balaban J connectivity index is 1.95. The molecule has 2 N–H and O–H groups in total. The van der Waals surface area contributed by atoms with Gasteiger partial charge in [-0.1, -0.05) is 66.7 Å². The number of benzene rings is 3. The molecular weight excluding hydrogens is 345 g/mol. The van der Waals surface area contributed by atoms with Crippen molar-refractivity contribution in [1.29, 1.82) is 0 Å². The molecule has 4 nitrogen and oxygen atoms in total. The number of aromatic nitrogens is 1. The van der Waals surface area contributed by atoms with Crippen LogP contribution >= 0.6 is 7.60 Å². The Labute approximate surface area is 150 Å². The van der Waals surface area contributed by atoms with Crippen molar-refractivity contribution in [3.05, 3.63) is 84.3 Å². The first-order valence-corrected chi connectivity index (χ1v) is 9.82. The minimum Gasteiger partial charge on any atom is -0.321 e. The van der Waals surface area contributed by atoms with E-state index < -0.39 is 7.60 Å². The first kappa shape index (κ1) is 16.7. The molecule has 26 heavy (non-hydrogen) atoms. The van der Waals surface area contributed by atoms with Crippen molar-refractivity contribution in [2.24, 2.45) is 0 Å². The van der Waals surface area contributed by atoms with Gasteiger partial charge in [-0.25, -0.2) is 4.98 Å². The zero-order valence-corrected chi connectivity index (χ0v) is 14.7. The molecule has 0 aliphatic heterocycles. The lowest BCUT2D eigenvalue weighted by Crippen LogP contribution is -1.89. The molecule has 0 radical (unpaired) electrons. The van der Waals surface area contributed by atoms with Crippen molar-refractivity contribution in [3.8, 4) is 11.1 Å². The number of fused-ring (bicyclic) bond motifs is 2. The molecule has 5 heteroatoms. The summed E-state index contributed by atoms with van der Waals surface area (Å²) in [4.78, 5) is 22.7. The summed E-state index contributed by atoms with van der Waals surface area (Å²) < 4.78 is 11.1. The van der Waals surface area contributed by atoms with E-state index >= 15 is 0 Å². The third kappa shape index (κ3) is 3.31. The molecule has 0 aliphatic carbocycles. The molecule has 4 rings (SSSR count). The van der Waals surface area contributed by atoms with Crippen LogP contribution in [0.4, 0.5) is 0 Å². The summed E-state index contributed by atoms with van der Waals surface area (Å²) in [7, 11) is -4.21. The van der Waals surface area contributed by atoms with Crippen molar-refractivity contribution >= 4 is 35.3 Å². The largest absolute Gasteiger partial charge is 0.349 e. The summed E-state index contributed by atoms with van der Waals surface area (Å²) >= 11 is 0. The smallest absolute Gasteiger partial charge is 0.321 e. The Bertz CT molecular complexity index is 1190. The fourth-order valence-electron chi connectivity index (χ4n) is 3.11. The second kappa shape index (κ2) is 6.50. The molecule has 0 atom stereocenters. The average Bonchev–Trinajstić information content (AvgIpc) is 2.65. The van der Waals surface area contributed by atoms with Gasteiger partial charge in [-0.2, -0.15) is 0 Å². The van der Waals surface area contributed by atoms with Crippen LogP contribution < -0.4 is 0 Å². The van der Waals surface area contributed by atoms with Crippen LogP contribution in [0.25, 0.3) is 38.9 Å². The predicted molar refractivity (Wildman–Crippen MR) is 106 cm³/mol. The maximum absolute atomic E-state index is 11.1. The Kier molecular flexibility index (Phi) is 4.17. The minimum absolute atomic E-state index is 0.508. The highest BCUT2D eigenvalue weighted by Crippen LogP contribution is 2.37. The number of hydrogen-bond donors (Lipinski definition) is 2. The number of pyridine rings is 1. The molecule has 1 aromatic heterocycles. The highest BCUT2D eigenvalue weighted by atomic mass is 31.2. The van der Waals surface area contributed by atoms with Crippen molar-refractivity contribution in [2.45, 2.75) is 0 Å². The molecule has 0 fully saturated rings. The molecular formula is C21H16NO3P. The van der Waals surface area contributed by atoms with Gasteiger partial charge in [0, 0.05) is 16.8 Å². The molecule has 128 valence electrons. The zero-order valence-electron chi connectivity index (χ0n) is 13.8. The number of para-hydroxylation sites is 1. The topological polar surface area (TPSA) is 70.4 Å². The van der Waals surface area contributed by atoms with Gasteiger partial charge in [0.25, 0.3) is 0 Å². The summed E-state index contributed by atoms with van der Waals surface area (Å²) in [5.41, 5.74) is 3.38. The quantitative estimate of drug-likeness (QED) is 0.492. The highest BCUT2D eigenvalue weighted by Gasteiger charge is 2.10. The zero-order chi connectivity index (χ0) is 18.1. The monoisotopic (exact) mass is 361 g/mol. The van der Waals surface area contributed by atoms with Crippen LogP contribution in [0.1, 0.15) is 5.69 Å². The Morgan fingerprint density at radius 3 is 2.27 bits per heavy atom. The SMILES string of the molecule is O=P(O)(O)/C=C/c1ccc2cccc(-c3cccc4ccccc34)c2n1. The molecule has 0 saturated heterocycles. The van der Waals surface area contributed by atoms with Crippen LogP contribution in [0.2, 0.25) is 0 Å². The van der Waals surface area contributed by atoms with Crippen molar-refractivity contribution in [2.75, 3.05) is 0 Å². The summed E-state index contributed by atoms with van der Waals surface area (Å²) in [5.74, 6) is 0.877. The van der Waals surface area contributed by atoms with Gasteiger partial charge in [0.15, 0.2) is 0 Å². The maximum Gasteiger partial charge on any atom is 0.349 e. The molecule has 0 saturated carbocycles. The fourth-order valence-corrected chi connectivity index (χ4v) is 3.45. The number of nitrogens with zero attached hydrogens (tertiary/aromatic N) is 1. The van der Waals surface area contributed by atoms with Gasteiger partial charge >= 0.3 is 7.60 Å². The summed E-state index contributed by atoms with van der Waals surface area (Å²) in [6.45, 7) is 0. The van der Waals surface area contributed by atoms with E-state index in [1.165, 1.54) is 6.08 Å². The van der Waals surface area contributed by atoms with E-state index in [4.69, 9.17) is 9.79 Å². The molecule has 0 amide bonds. The first-order chi connectivity index (χ1) is 12.5. The Hall–Kier alpha value is -2.78. The average molecular weight is 361 g/mol. The van der Waals surface area contributed by atoms with E-state index in [1.54, 1.807) is 6.07 Å². The van der Waals surface area contributed by atoms with Gasteiger partial charge in [-0.05, 0) is 28.5 Å². The van der Waals surface area contributed by atoms with Crippen LogP contribution in [-0.4, -0.2) is 14.8 Å². The van der Waals surface area contributed by atoms with Gasteiger partial charge in [0.1, 0.15) is 0 Å². The minimum atomic E-state index is -4.21. The van der Waals surface area contributed by atoms with Crippen molar-refractivity contribution < 1.29 is 14.4 Å². The van der Waals surface area contributed by atoms with Crippen LogP contribution in [0.3, 0.4) is 0 Å². The third-order valence-corrected chi connectivity index (χ3v) is 4.80. The van der Waals surface area contributed by atoms with Gasteiger partial charge < -0.3 is 9.79 Å². The lowest BCUT2D eigenvalue weighted by Gasteiger charge is -2.10. The molecule has 0 aliphatic rings. The van der Waals surface area contributed by atoms with E-state index in [-0.39, 0.29) is 0 Å². The number of hydrogen-bond acceptors (Lipinski definition) is 2. The van der Waals surface area contributed by atoms with Crippen LogP contribution in [0.5, 0.6) is 0 Å². The van der Waals surface area contributed by atoms with E-state index in [9.17, 15) is 4.57 Å². The molecule has 0 bridgehead atoms. The number of rotatable bonds is 3. The lowest BCUT2D eigenvalue weighted by molar-refractivity contribution is 0.386. The predicted octanol–water partition coefficient (Wildman–Crippen LogP) is 5.20. The van der Waals surface area contributed by atoms with Gasteiger partial charge in [-0.3, -0.25) is 4.57 Å². The second-order valence-corrected chi connectivity index (χ2v) is 7.52. The van der Waals surface area contributed by atoms with Gasteiger partial charge in [0.05, 0.1) is 11.2 Å². The summed E-state index contributed by atoms with van der Waals surface area (Å²) in [6, 6.07) is 24.0. The van der Waals surface area contributed by atoms with Crippen molar-refractivity contribution in [1.82, 2.24) is 4.98 Å². The van der Waals surface area contributed by atoms with E-state index in [2.05, 4.69) is 29.2 Å². The van der Waals surface area contributed by atoms with E-state index in [0.717, 1.165) is 38.6 Å². The normalized spacial score (nSPS) is 12.2. The molecule has 3 aromatic carbocycles. The van der Waals surface area contributed by atoms with E-state index in [1.807, 2.05) is 42.5 Å². The van der Waals surface area contributed by atoms with Crippen LogP contribution in [-0.2, 0) is 4.57 Å². The van der Waals surface area contributed by atoms with Crippen molar-refractivity contribution in [3.63, 3.8) is 0 Å². The fraction of sp³-hybridized carbons (Fsp3) is 0. The molecule has 1 heterocycles. The lowest BCUT2D eigenvalue weighted by atomic mass is 9.96. The standard InChI is InChI=1S/C21H16NO3P/c23-26(24,25)14-13-17-12-11-16-7-4-10-20(21(16)22-17)19-9-3-6-15-5-1-2-8-18(15)19/h1-14H,(H2,23,24,25)/b14-13+. The van der Waals surface area contributed by atoms with Gasteiger partial charge in [-0.15, -0.1) is 0 Å². The third-order valence-electron chi connectivity index (χ3n) is 4.26. The molecule has 0 unspecified atom stereocenters. The molecule has 4 aromatic rings. The van der Waals surface area contributed by atoms with Crippen LogP contribution in [0.15, 0.2) is 78.6 Å². The Morgan fingerprint density at radius 2 is 1.46 bits per heavy atom. The van der Waals surface area contributed by atoms with Crippen LogP contribution in [0, 0.1) is 0 Å².